The molecule has 0 radical (unpaired) electrons. The van der Waals surface area contributed by atoms with Crippen LogP contribution in [0.1, 0.15) is 12.5 Å². The number of carbonyl (C=O) groups is 1. The van der Waals surface area contributed by atoms with Crippen molar-refractivity contribution in [1.82, 2.24) is 4.98 Å². The van der Waals surface area contributed by atoms with Crippen LogP contribution in [0.25, 0.3) is 10.9 Å². The number of aromatic nitrogens is 1. The fourth-order valence-electron chi connectivity index (χ4n) is 2.60. The van der Waals surface area contributed by atoms with Gasteiger partial charge in [0, 0.05) is 27.4 Å². The number of nitrogens with one attached hydrogen (secondary N) is 2. The number of halogens is 1. The number of amides is 1. The molecule has 2 aromatic carbocycles. The summed E-state index contributed by atoms with van der Waals surface area (Å²) in [6.07, 6.45) is 2.62. The summed E-state index contributed by atoms with van der Waals surface area (Å²) >= 11 is 3.45. The Morgan fingerprint density at radius 1 is 1.12 bits per heavy atom. The Bertz CT molecular complexity index is 879. The van der Waals surface area contributed by atoms with Gasteiger partial charge in [-0.1, -0.05) is 41.1 Å². The molecule has 0 fully saturated rings. The molecule has 2 N–H and O–H groups in total. The SMILES string of the molecule is CCc1ccccc1NC(=O)CNc1ccnc2cc(Br)ccc12. The molecule has 0 saturated carbocycles. The van der Waals surface area contributed by atoms with Gasteiger partial charge in [0.25, 0.3) is 0 Å². The number of carbonyl (C=O) groups excluding carboxylic acids is 1. The molecule has 1 heterocycles. The molecule has 3 rings (SSSR count). The van der Waals surface area contributed by atoms with E-state index >= 15 is 0 Å². The number of aryl methyl sites for hydroxylation is 1. The van der Waals surface area contributed by atoms with Gasteiger partial charge in [-0.05, 0) is 42.3 Å². The molecule has 3 aromatic rings. The highest BCUT2D eigenvalue weighted by Crippen LogP contribution is 2.24. The normalized spacial score (nSPS) is 10.6. The Kier molecular flexibility index (Phi) is 5.11. The third-order valence-corrected chi connectivity index (χ3v) is 4.31. The number of pyridine rings is 1. The third kappa shape index (κ3) is 3.74. The largest absolute Gasteiger partial charge is 0.376 e. The second-order valence-electron chi connectivity index (χ2n) is 5.43. The first-order valence-electron chi connectivity index (χ1n) is 7.83. The van der Waals surface area contributed by atoms with Gasteiger partial charge < -0.3 is 10.6 Å². The topological polar surface area (TPSA) is 54.0 Å². The van der Waals surface area contributed by atoms with E-state index in [1.807, 2.05) is 48.5 Å². The summed E-state index contributed by atoms with van der Waals surface area (Å²) in [6.45, 7) is 2.28. The van der Waals surface area contributed by atoms with Crippen molar-refractivity contribution in [3.63, 3.8) is 0 Å². The van der Waals surface area contributed by atoms with E-state index < -0.39 is 0 Å². The minimum atomic E-state index is -0.0713. The number of hydrogen-bond acceptors (Lipinski definition) is 3. The zero-order valence-corrected chi connectivity index (χ0v) is 14.9. The van der Waals surface area contributed by atoms with Crippen molar-refractivity contribution in [1.29, 1.82) is 0 Å². The van der Waals surface area contributed by atoms with Crippen LogP contribution in [0.5, 0.6) is 0 Å². The fourth-order valence-corrected chi connectivity index (χ4v) is 2.94. The molecule has 0 aliphatic heterocycles. The highest BCUT2D eigenvalue weighted by molar-refractivity contribution is 9.10. The Morgan fingerprint density at radius 3 is 2.79 bits per heavy atom. The Labute approximate surface area is 149 Å². The molecule has 0 spiro atoms. The Hall–Kier alpha value is -2.40. The van der Waals surface area contributed by atoms with Gasteiger partial charge >= 0.3 is 0 Å². The summed E-state index contributed by atoms with van der Waals surface area (Å²) < 4.78 is 0.980. The molecule has 5 heteroatoms. The lowest BCUT2D eigenvalue weighted by atomic mass is 10.1. The smallest absolute Gasteiger partial charge is 0.243 e. The van der Waals surface area contributed by atoms with Gasteiger partial charge in [-0.2, -0.15) is 0 Å². The molecule has 0 atom stereocenters. The van der Waals surface area contributed by atoms with Crippen molar-refractivity contribution in [2.24, 2.45) is 0 Å². The highest BCUT2D eigenvalue weighted by Gasteiger charge is 2.07. The van der Waals surface area contributed by atoms with E-state index in [9.17, 15) is 4.79 Å². The molecule has 122 valence electrons. The highest BCUT2D eigenvalue weighted by atomic mass is 79.9. The molecule has 4 nitrogen and oxygen atoms in total. The van der Waals surface area contributed by atoms with Crippen LogP contribution < -0.4 is 10.6 Å². The van der Waals surface area contributed by atoms with Gasteiger partial charge in [0.2, 0.25) is 5.91 Å². The Morgan fingerprint density at radius 2 is 1.96 bits per heavy atom. The predicted molar refractivity (Wildman–Crippen MR) is 102 cm³/mol. The molecule has 0 bridgehead atoms. The summed E-state index contributed by atoms with van der Waals surface area (Å²) in [5.74, 6) is -0.0713. The molecular formula is C19H18BrN3O. The maximum absolute atomic E-state index is 12.2. The average molecular weight is 384 g/mol. The first-order valence-corrected chi connectivity index (χ1v) is 8.62. The summed E-state index contributed by atoms with van der Waals surface area (Å²) in [5, 5.41) is 7.15. The summed E-state index contributed by atoms with van der Waals surface area (Å²) in [7, 11) is 0. The van der Waals surface area contributed by atoms with Crippen LogP contribution in [0.2, 0.25) is 0 Å². The monoisotopic (exact) mass is 383 g/mol. The molecule has 0 aliphatic rings. The van der Waals surface area contributed by atoms with Crippen molar-refractivity contribution in [3.8, 4) is 0 Å². The van der Waals surface area contributed by atoms with Gasteiger partial charge in [-0.15, -0.1) is 0 Å². The van der Waals surface area contributed by atoms with Crippen LogP contribution in [-0.2, 0) is 11.2 Å². The standard InChI is InChI=1S/C19H18BrN3O/c1-2-13-5-3-4-6-16(13)23-19(24)12-22-17-9-10-21-18-11-14(20)7-8-15(17)18/h3-11H,2,12H2,1H3,(H,21,22)(H,23,24). The van der Waals surface area contributed by atoms with Gasteiger partial charge in [-0.25, -0.2) is 0 Å². The Balaban J connectivity index is 1.71. The lowest BCUT2D eigenvalue weighted by Gasteiger charge is -2.12. The average Bonchev–Trinajstić information content (AvgIpc) is 2.60. The quantitative estimate of drug-likeness (QED) is 0.676. The third-order valence-electron chi connectivity index (χ3n) is 3.82. The summed E-state index contributed by atoms with van der Waals surface area (Å²) in [5.41, 5.74) is 3.78. The van der Waals surface area contributed by atoms with E-state index in [1.54, 1.807) is 6.20 Å². The van der Waals surface area contributed by atoms with Gasteiger partial charge in [0.05, 0.1) is 12.1 Å². The van der Waals surface area contributed by atoms with Crippen molar-refractivity contribution in [2.75, 3.05) is 17.2 Å². The van der Waals surface area contributed by atoms with Gasteiger partial charge in [0.15, 0.2) is 0 Å². The second-order valence-corrected chi connectivity index (χ2v) is 6.35. The summed E-state index contributed by atoms with van der Waals surface area (Å²) in [6, 6.07) is 15.6. The summed E-state index contributed by atoms with van der Waals surface area (Å²) in [4.78, 5) is 16.6. The van der Waals surface area contributed by atoms with Crippen LogP contribution in [0.3, 0.4) is 0 Å². The molecular weight excluding hydrogens is 366 g/mol. The van der Waals surface area contributed by atoms with E-state index in [-0.39, 0.29) is 12.5 Å². The number of nitrogens with zero attached hydrogens (tertiary/aromatic N) is 1. The molecule has 24 heavy (non-hydrogen) atoms. The number of anilines is 2. The maximum Gasteiger partial charge on any atom is 0.243 e. The van der Waals surface area contributed by atoms with E-state index in [4.69, 9.17) is 0 Å². The van der Waals surface area contributed by atoms with Crippen molar-refractivity contribution in [3.05, 3.63) is 64.8 Å². The van der Waals surface area contributed by atoms with Crippen LogP contribution in [-0.4, -0.2) is 17.4 Å². The van der Waals surface area contributed by atoms with Crippen LogP contribution in [0.15, 0.2) is 59.2 Å². The number of fused-ring (bicyclic) bond motifs is 1. The zero-order chi connectivity index (χ0) is 16.9. The first kappa shape index (κ1) is 16.5. The molecule has 0 unspecified atom stereocenters. The van der Waals surface area contributed by atoms with E-state index in [2.05, 4.69) is 38.5 Å². The number of para-hydroxylation sites is 1. The first-order chi connectivity index (χ1) is 11.7. The predicted octanol–water partition coefficient (Wildman–Crippen LogP) is 4.61. The zero-order valence-electron chi connectivity index (χ0n) is 13.3. The van der Waals surface area contributed by atoms with E-state index in [0.29, 0.717) is 0 Å². The van der Waals surface area contributed by atoms with E-state index in [1.165, 1.54) is 0 Å². The van der Waals surface area contributed by atoms with Crippen LogP contribution in [0.4, 0.5) is 11.4 Å². The van der Waals surface area contributed by atoms with Crippen molar-refractivity contribution in [2.45, 2.75) is 13.3 Å². The van der Waals surface area contributed by atoms with E-state index in [0.717, 1.165) is 38.7 Å². The minimum absolute atomic E-state index is 0.0713. The maximum atomic E-state index is 12.2. The van der Waals surface area contributed by atoms with Gasteiger partial charge in [-0.3, -0.25) is 9.78 Å². The lowest BCUT2D eigenvalue weighted by molar-refractivity contribution is -0.114. The molecule has 0 saturated heterocycles. The lowest BCUT2D eigenvalue weighted by Crippen LogP contribution is -2.22. The fraction of sp³-hybridized carbons (Fsp3) is 0.158. The van der Waals surface area contributed by atoms with Crippen molar-refractivity contribution < 1.29 is 4.79 Å². The number of rotatable bonds is 5. The molecule has 1 amide bonds. The van der Waals surface area contributed by atoms with Gasteiger partial charge in [0.1, 0.15) is 0 Å². The molecule has 0 aliphatic carbocycles. The number of benzene rings is 2. The minimum Gasteiger partial charge on any atom is -0.376 e. The number of hydrogen-bond donors (Lipinski definition) is 2. The van der Waals surface area contributed by atoms with Crippen LogP contribution >= 0.6 is 15.9 Å². The second kappa shape index (κ2) is 7.45. The van der Waals surface area contributed by atoms with Crippen LogP contribution in [0, 0.1) is 0 Å². The molecule has 1 aromatic heterocycles. The van der Waals surface area contributed by atoms with Crippen molar-refractivity contribution >= 4 is 44.1 Å².